The highest BCUT2D eigenvalue weighted by molar-refractivity contribution is 7.99. The van der Waals surface area contributed by atoms with Crippen LogP contribution in [0.15, 0.2) is 35.7 Å². The van der Waals surface area contributed by atoms with Crippen LogP contribution in [0.2, 0.25) is 5.02 Å². The molecule has 0 aliphatic carbocycles. The molecule has 0 saturated carbocycles. The minimum Gasteiger partial charge on any atom is -0.481 e. The van der Waals surface area contributed by atoms with Crippen LogP contribution in [0.4, 0.5) is 4.39 Å². The third kappa shape index (κ3) is 2.65. The average molecular weight is 287 g/mol. The van der Waals surface area contributed by atoms with Crippen molar-refractivity contribution < 1.29 is 14.3 Å². The second-order valence-electron chi connectivity index (χ2n) is 3.33. The van der Waals surface area contributed by atoms with Crippen LogP contribution < -0.4 is 0 Å². The van der Waals surface area contributed by atoms with Gasteiger partial charge in [0, 0.05) is 12.4 Å². The molecule has 0 atom stereocenters. The second kappa shape index (κ2) is 5.41. The lowest BCUT2D eigenvalue weighted by molar-refractivity contribution is -0.133. The van der Waals surface area contributed by atoms with Gasteiger partial charge in [0.25, 0.3) is 0 Å². The first-order chi connectivity index (χ1) is 8.59. The molecule has 2 rings (SSSR count). The molecular formula is C11H8ClFN2O2S. The lowest BCUT2D eigenvalue weighted by atomic mass is 10.3. The van der Waals surface area contributed by atoms with Crippen LogP contribution in [0, 0.1) is 5.82 Å². The maximum absolute atomic E-state index is 13.7. The molecule has 0 radical (unpaired) electrons. The van der Waals surface area contributed by atoms with Crippen LogP contribution in [0.1, 0.15) is 0 Å². The van der Waals surface area contributed by atoms with E-state index in [-0.39, 0.29) is 16.5 Å². The third-order valence-corrected chi connectivity index (χ3v) is 3.37. The zero-order valence-electron chi connectivity index (χ0n) is 9.01. The number of carboxylic acids is 1. The largest absolute Gasteiger partial charge is 0.481 e. The zero-order valence-corrected chi connectivity index (χ0v) is 10.6. The maximum atomic E-state index is 13.7. The van der Waals surface area contributed by atoms with E-state index in [1.165, 1.54) is 29.1 Å². The molecule has 1 aromatic heterocycles. The number of aromatic nitrogens is 2. The van der Waals surface area contributed by atoms with E-state index in [0.29, 0.717) is 5.16 Å². The van der Waals surface area contributed by atoms with Crippen molar-refractivity contribution in [1.82, 2.24) is 9.55 Å². The van der Waals surface area contributed by atoms with Gasteiger partial charge in [-0.25, -0.2) is 9.37 Å². The summed E-state index contributed by atoms with van der Waals surface area (Å²) in [4.78, 5) is 14.5. The first kappa shape index (κ1) is 12.9. The molecule has 7 heteroatoms. The second-order valence-corrected chi connectivity index (χ2v) is 4.68. The Bertz CT molecular complexity index is 568. The Labute approximate surface area is 111 Å². The van der Waals surface area contributed by atoms with E-state index in [1.807, 2.05) is 0 Å². The third-order valence-electron chi connectivity index (χ3n) is 2.11. The molecule has 0 saturated heterocycles. The van der Waals surface area contributed by atoms with E-state index >= 15 is 0 Å². The Morgan fingerprint density at radius 1 is 1.56 bits per heavy atom. The van der Waals surface area contributed by atoms with Crippen molar-refractivity contribution in [3.05, 3.63) is 41.4 Å². The van der Waals surface area contributed by atoms with Crippen molar-refractivity contribution in [2.75, 3.05) is 5.75 Å². The predicted molar refractivity (Wildman–Crippen MR) is 66.9 cm³/mol. The molecule has 2 aromatic rings. The van der Waals surface area contributed by atoms with E-state index in [0.717, 1.165) is 11.8 Å². The first-order valence-electron chi connectivity index (χ1n) is 4.92. The zero-order chi connectivity index (χ0) is 13.1. The van der Waals surface area contributed by atoms with Crippen LogP contribution in [0.3, 0.4) is 0 Å². The Kier molecular flexibility index (Phi) is 3.88. The number of hydrogen-bond donors (Lipinski definition) is 1. The Morgan fingerprint density at radius 2 is 2.33 bits per heavy atom. The molecule has 0 aliphatic rings. The van der Waals surface area contributed by atoms with Gasteiger partial charge in [0.1, 0.15) is 11.5 Å². The molecule has 0 fully saturated rings. The van der Waals surface area contributed by atoms with Gasteiger partial charge in [-0.2, -0.15) is 0 Å². The van der Waals surface area contributed by atoms with Crippen molar-refractivity contribution in [1.29, 1.82) is 0 Å². The number of benzene rings is 1. The fourth-order valence-corrected chi connectivity index (χ4v) is 2.35. The van der Waals surface area contributed by atoms with Gasteiger partial charge in [0.2, 0.25) is 0 Å². The SMILES string of the molecule is O=C(O)CSc1nccn1-c1c(F)cccc1Cl. The summed E-state index contributed by atoms with van der Waals surface area (Å²) in [6, 6.07) is 4.35. The van der Waals surface area contributed by atoms with Gasteiger partial charge in [-0.1, -0.05) is 29.4 Å². The number of thioether (sulfide) groups is 1. The van der Waals surface area contributed by atoms with Gasteiger partial charge < -0.3 is 5.11 Å². The summed E-state index contributed by atoms with van der Waals surface area (Å²) < 4.78 is 15.2. The summed E-state index contributed by atoms with van der Waals surface area (Å²) in [7, 11) is 0. The fraction of sp³-hybridized carbons (Fsp3) is 0.0909. The summed E-state index contributed by atoms with van der Waals surface area (Å²) in [5, 5.41) is 9.24. The number of aliphatic carboxylic acids is 1. The molecule has 0 amide bonds. The Balaban J connectivity index is 2.39. The number of carboxylic acid groups (broad SMARTS) is 1. The molecule has 0 spiro atoms. The number of carbonyl (C=O) groups is 1. The number of nitrogens with zero attached hydrogens (tertiary/aromatic N) is 2. The number of hydrogen-bond acceptors (Lipinski definition) is 3. The van der Waals surface area contributed by atoms with E-state index < -0.39 is 11.8 Å². The molecule has 0 aliphatic heterocycles. The van der Waals surface area contributed by atoms with Crippen LogP contribution >= 0.6 is 23.4 Å². The monoisotopic (exact) mass is 286 g/mol. The molecule has 1 N–H and O–H groups in total. The number of halogens is 2. The van der Waals surface area contributed by atoms with Crippen molar-refractivity contribution in [3.63, 3.8) is 0 Å². The van der Waals surface area contributed by atoms with Crippen molar-refractivity contribution in [2.24, 2.45) is 0 Å². The minimum atomic E-state index is -0.964. The topological polar surface area (TPSA) is 55.1 Å². The Hall–Kier alpha value is -1.53. The Morgan fingerprint density at radius 3 is 3.00 bits per heavy atom. The van der Waals surface area contributed by atoms with E-state index in [9.17, 15) is 9.18 Å². The highest BCUT2D eigenvalue weighted by Crippen LogP contribution is 2.27. The quantitative estimate of drug-likeness (QED) is 0.878. The number of rotatable bonds is 4. The normalized spacial score (nSPS) is 10.6. The van der Waals surface area contributed by atoms with E-state index in [1.54, 1.807) is 6.07 Å². The van der Waals surface area contributed by atoms with Crippen LogP contribution in [-0.2, 0) is 4.79 Å². The van der Waals surface area contributed by atoms with E-state index in [4.69, 9.17) is 16.7 Å². The number of imidazole rings is 1. The molecule has 4 nitrogen and oxygen atoms in total. The van der Waals surface area contributed by atoms with Gasteiger partial charge in [-0.05, 0) is 12.1 Å². The highest BCUT2D eigenvalue weighted by Gasteiger charge is 2.14. The van der Waals surface area contributed by atoms with Crippen LogP contribution in [0.5, 0.6) is 0 Å². The summed E-state index contributed by atoms with van der Waals surface area (Å²) >= 11 is 6.94. The molecule has 0 bridgehead atoms. The van der Waals surface area contributed by atoms with E-state index in [2.05, 4.69) is 4.98 Å². The van der Waals surface area contributed by atoms with Gasteiger partial charge in [0.05, 0.1) is 10.8 Å². The molecule has 94 valence electrons. The lowest BCUT2D eigenvalue weighted by Crippen LogP contribution is -2.03. The molecule has 1 aromatic carbocycles. The molecule has 0 unspecified atom stereocenters. The van der Waals surface area contributed by atoms with Gasteiger partial charge in [-0.15, -0.1) is 0 Å². The van der Waals surface area contributed by atoms with Crippen molar-refractivity contribution in [2.45, 2.75) is 5.16 Å². The van der Waals surface area contributed by atoms with Gasteiger partial charge in [0.15, 0.2) is 5.16 Å². The van der Waals surface area contributed by atoms with Crippen molar-refractivity contribution in [3.8, 4) is 5.69 Å². The first-order valence-corrected chi connectivity index (χ1v) is 6.28. The minimum absolute atomic E-state index is 0.150. The highest BCUT2D eigenvalue weighted by atomic mass is 35.5. The van der Waals surface area contributed by atoms with Crippen molar-refractivity contribution >= 4 is 29.3 Å². The summed E-state index contributed by atoms with van der Waals surface area (Å²) in [6.45, 7) is 0. The summed E-state index contributed by atoms with van der Waals surface area (Å²) in [6.07, 6.45) is 3.00. The summed E-state index contributed by atoms with van der Waals surface area (Å²) in [5.41, 5.74) is 0.171. The van der Waals surface area contributed by atoms with Gasteiger partial charge in [-0.3, -0.25) is 9.36 Å². The molecular weight excluding hydrogens is 279 g/mol. The predicted octanol–water partition coefficient (Wildman–Crippen LogP) is 2.84. The van der Waals surface area contributed by atoms with Crippen LogP contribution in [0.25, 0.3) is 5.69 Å². The maximum Gasteiger partial charge on any atom is 0.313 e. The lowest BCUT2D eigenvalue weighted by Gasteiger charge is -2.09. The molecule has 1 heterocycles. The summed E-state index contributed by atoms with van der Waals surface area (Å²) in [5.74, 6) is -1.60. The van der Waals surface area contributed by atoms with Gasteiger partial charge >= 0.3 is 5.97 Å². The average Bonchev–Trinajstić information content (AvgIpc) is 2.74. The standard InChI is InChI=1S/C11H8ClFN2O2S/c12-7-2-1-3-8(13)10(7)15-5-4-14-11(15)18-6-9(16)17/h1-5H,6H2,(H,16,17). The molecule has 18 heavy (non-hydrogen) atoms. The number of para-hydroxylation sites is 1. The smallest absolute Gasteiger partial charge is 0.313 e. The van der Waals surface area contributed by atoms with Crippen LogP contribution in [-0.4, -0.2) is 26.4 Å². The fourth-order valence-electron chi connectivity index (χ4n) is 1.41.